The molecule has 3 heteroatoms. The molecule has 1 aromatic heterocycles. The maximum Gasteiger partial charge on any atom is 0.123 e. The van der Waals surface area contributed by atoms with Gasteiger partial charge in [0.2, 0.25) is 0 Å². The number of H-pyrrole nitrogens is 1. The van der Waals surface area contributed by atoms with Gasteiger partial charge in [-0.25, -0.2) is 4.98 Å². The first-order valence-corrected chi connectivity index (χ1v) is 3.92. The number of aromatic amines is 1. The van der Waals surface area contributed by atoms with Gasteiger partial charge >= 0.3 is 0 Å². The third-order valence-corrected chi connectivity index (χ3v) is 1.79. The van der Waals surface area contributed by atoms with Crippen LogP contribution < -0.4 is 5.32 Å². The Bertz CT molecular complexity index is 191. The van der Waals surface area contributed by atoms with Crippen molar-refractivity contribution < 1.29 is 0 Å². The monoisotopic (exact) mass is 153 g/mol. The van der Waals surface area contributed by atoms with Crippen molar-refractivity contribution >= 4 is 0 Å². The standard InChI is InChI=1S/C8H15N3/c1-6(2)7(9-3)8-10-4-5-11-8/h4-7,9H,1-3H3,(H,10,11)/t7-/m0/s1. The number of aromatic nitrogens is 2. The molecule has 0 unspecified atom stereocenters. The zero-order chi connectivity index (χ0) is 8.27. The highest BCUT2D eigenvalue weighted by Crippen LogP contribution is 2.16. The SMILES string of the molecule is CN[C@H](c1ncc[nH]1)C(C)C. The van der Waals surface area contributed by atoms with E-state index >= 15 is 0 Å². The van der Waals surface area contributed by atoms with Crippen molar-refractivity contribution in [2.45, 2.75) is 19.9 Å². The lowest BCUT2D eigenvalue weighted by Crippen LogP contribution is -2.22. The summed E-state index contributed by atoms with van der Waals surface area (Å²) in [5, 5.41) is 3.21. The maximum atomic E-state index is 4.19. The predicted octanol–water partition coefficient (Wildman–Crippen LogP) is 1.33. The van der Waals surface area contributed by atoms with Crippen molar-refractivity contribution in [2.24, 2.45) is 5.92 Å². The Morgan fingerprint density at radius 2 is 2.27 bits per heavy atom. The average molecular weight is 153 g/mol. The van der Waals surface area contributed by atoms with E-state index in [9.17, 15) is 0 Å². The van der Waals surface area contributed by atoms with Gasteiger partial charge in [-0.05, 0) is 13.0 Å². The summed E-state index contributed by atoms with van der Waals surface area (Å²) in [6.07, 6.45) is 3.63. The summed E-state index contributed by atoms with van der Waals surface area (Å²) in [5.41, 5.74) is 0. The first-order valence-electron chi connectivity index (χ1n) is 3.92. The van der Waals surface area contributed by atoms with E-state index in [1.54, 1.807) is 6.20 Å². The fourth-order valence-corrected chi connectivity index (χ4v) is 1.23. The van der Waals surface area contributed by atoms with Crippen LogP contribution in [-0.2, 0) is 0 Å². The summed E-state index contributed by atoms with van der Waals surface area (Å²) in [6.45, 7) is 4.34. The summed E-state index contributed by atoms with van der Waals surface area (Å²) >= 11 is 0. The second kappa shape index (κ2) is 3.53. The van der Waals surface area contributed by atoms with Gasteiger partial charge in [-0.2, -0.15) is 0 Å². The molecule has 62 valence electrons. The predicted molar refractivity (Wildman–Crippen MR) is 45.2 cm³/mol. The van der Waals surface area contributed by atoms with Crippen LogP contribution in [0.5, 0.6) is 0 Å². The Balaban J connectivity index is 2.71. The quantitative estimate of drug-likeness (QED) is 0.687. The molecule has 0 bridgehead atoms. The zero-order valence-electron chi connectivity index (χ0n) is 7.26. The molecule has 0 aliphatic rings. The lowest BCUT2D eigenvalue weighted by Gasteiger charge is -2.16. The van der Waals surface area contributed by atoms with Gasteiger partial charge in [-0.15, -0.1) is 0 Å². The molecule has 11 heavy (non-hydrogen) atoms. The molecule has 0 radical (unpaired) electrons. The van der Waals surface area contributed by atoms with Crippen molar-refractivity contribution in [2.75, 3.05) is 7.05 Å². The number of hydrogen-bond acceptors (Lipinski definition) is 2. The third-order valence-electron chi connectivity index (χ3n) is 1.79. The van der Waals surface area contributed by atoms with Crippen molar-refractivity contribution in [3.8, 4) is 0 Å². The number of hydrogen-bond donors (Lipinski definition) is 2. The van der Waals surface area contributed by atoms with Crippen LogP contribution in [0, 0.1) is 5.92 Å². The van der Waals surface area contributed by atoms with E-state index < -0.39 is 0 Å². The molecule has 2 N–H and O–H groups in total. The van der Waals surface area contributed by atoms with Gasteiger partial charge in [0.05, 0.1) is 6.04 Å². The summed E-state index contributed by atoms with van der Waals surface area (Å²) in [4.78, 5) is 7.29. The molecular formula is C8H15N3. The molecular weight excluding hydrogens is 138 g/mol. The molecule has 3 nitrogen and oxygen atoms in total. The molecule has 1 rings (SSSR count). The summed E-state index contributed by atoms with van der Waals surface area (Å²) < 4.78 is 0. The molecule has 0 saturated heterocycles. The van der Waals surface area contributed by atoms with Gasteiger partial charge in [0, 0.05) is 12.4 Å². The Morgan fingerprint density at radius 1 is 1.55 bits per heavy atom. The van der Waals surface area contributed by atoms with E-state index in [4.69, 9.17) is 0 Å². The van der Waals surface area contributed by atoms with Crippen LogP contribution in [0.4, 0.5) is 0 Å². The van der Waals surface area contributed by atoms with Crippen LogP contribution in [-0.4, -0.2) is 17.0 Å². The summed E-state index contributed by atoms with van der Waals surface area (Å²) in [6, 6.07) is 0.338. The Kier molecular flexibility index (Phi) is 2.65. The minimum absolute atomic E-state index is 0.338. The smallest absolute Gasteiger partial charge is 0.123 e. The van der Waals surface area contributed by atoms with Crippen LogP contribution in [0.25, 0.3) is 0 Å². The number of imidazole rings is 1. The summed E-state index contributed by atoms with van der Waals surface area (Å²) in [7, 11) is 1.95. The van der Waals surface area contributed by atoms with E-state index in [-0.39, 0.29) is 0 Å². The molecule has 1 aromatic rings. The van der Waals surface area contributed by atoms with E-state index in [0.29, 0.717) is 12.0 Å². The Labute approximate surface area is 67.2 Å². The van der Waals surface area contributed by atoms with E-state index in [0.717, 1.165) is 5.82 Å². The largest absolute Gasteiger partial charge is 0.347 e. The number of rotatable bonds is 3. The van der Waals surface area contributed by atoms with Gasteiger partial charge in [0.1, 0.15) is 5.82 Å². The zero-order valence-corrected chi connectivity index (χ0v) is 7.26. The van der Waals surface area contributed by atoms with Crippen molar-refractivity contribution in [3.05, 3.63) is 18.2 Å². The van der Waals surface area contributed by atoms with Gasteiger partial charge in [-0.3, -0.25) is 0 Å². The Morgan fingerprint density at radius 3 is 2.64 bits per heavy atom. The molecule has 0 spiro atoms. The molecule has 1 atom stereocenters. The number of nitrogens with one attached hydrogen (secondary N) is 2. The van der Waals surface area contributed by atoms with Crippen LogP contribution in [0.1, 0.15) is 25.7 Å². The minimum atomic E-state index is 0.338. The Hall–Kier alpha value is -0.830. The average Bonchev–Trinajstić information content (AvgIpc) is 2.40. The fraction of sp³-hybridized carbons (Fsp3) is 0.625. The third kappa shape index (κ3) is 1.80. The second-order valence-corrected chi connectivity index (χ2v) is 2.98. The second-order valence-electron chi connectivity index (χ2n) is 2.98. The normalized spacial score (nSPS) is 13.8. The van der Waals surface area contributed by atoms with Crippen molar-refractivity contribution in [3.63, 3.8) is 0 Å². The van der Waals surface area contributed by atoms with Gasteiger partial charge in [0.25, 0.3) is 0 Å². The molecule has 0 aliphatic carbocycles. The minimum Gasteiger partial charge on any atom is -0.347 e. The maximum absolute atomic E-state index is 4.19. The highest BCUT2D eigenvalue weighted by Gasteiger charge is 2.14. The van der Waals surface area contributed by atoms with Crippen LogP contribution >= 0.6 is 0 Å². The molecule has 0 fully saturated rings. The topological polar surface area (TPSA) is 40.7 Å². The number of nitrogens with zero attached hydrogens (tertiary/aromatic N) is 1. The van der Waals surface area contributed by atoms with E-state index in [2.05, 4.69) is 29.1 Å². The fourth-order valence-electron chi connectivity index (χ4n) is 1.23. The van der Waals surface area contributed by atoms with Crippen LogP contribution in [0.15, 0.2) is 12.4 Å². The van der Waals surface area contributed by atoms with Gasteiger partial charge in [-0.1, -0.05) is 13.8 Å². The highest BCUT2D eigenvalue weighted by atomic mass is 15.0. The molecule has 0 saturated carbocycles. The first-order chi connectivity index (χ1) is 5.25. The highest BCUT2D eigenvalue weighted by molar-refractivity contribution is 4.96. The van der Waals surface area contributed by atoms with E-state index in [1.165, 1.54) is 0 Å². The summed E-state index contributed by atoms with van der Waals surface area (Å²) in [5.74, 6) is 1.58. The lowest BCUT2D eigenvalue weighted by molar-refractivity contribution is 0.425. The van der Waals surface area contributed by atoms with Crippen molar-refractivity contribution in [1.82, 2.24) is 15.3 Å². The lowest BCUT2D eigenvalue weighted by atomic mass is 10.0. The van der Waals surface area contributed by atoms with Crippen LogP contribution in [0.2, 0.25) is 0 Å². The first kappa shape index (κ1) is 8.27. The van der Waals surface area contributed by atoms with Gasteiger partial charge < -0.3 is 10.3 Å². The molecule has 0 aliphatic heterocycles. The van der Waals surface area contributed by atoms with E-state index in [1.807, 2.05) is 13.2 Å². The van der Waals surface area contributed by atoms with Crippen LogP contribution in [0.3, 0.4) is 0 Å². The van der Waals surface area contributed by atoms with Gasteiger partial charge in [0.15, 0.2) is 0 Å². The molecule has 0 aromatic carbocycles. The van der Waals surface area contributed by atoms with Crippen molar-refractivity contribution in [1.29, 1.82) is 0 Å². The molecule has 0 amide bonds. The molecule has 1 heterocycles.